The molecule has 1 aromatic rings. The largest absolute Gasteiger partial charge is 0.0698 e. The molecule has 72 valence electrons. The van der Waals surface area contributed by atoms with Gasteiger partial charge in [-0.15, -0.1) is 0 Å². The molecule has 0 amide bonds. The Labute approximate surface area is 84.6 Å². The molecule has 0 fully saturated rings. The van der Waals surface area contributed by atoms with Crippen LogP contribution in [0.15, 0.2) is 30.3 Å². The quantitative estimate of drug-likeness (QED) is 0.670. The number of rotatable bonds is 3. The summed E-state index contributed by atoms with van der Waals surface area (Å²) in [7, 11) is -1.47. The van der Waals surface area contributed by atoms with Crippen LogP contribution in [0.1, 0.15) is 0 Å². The normalized spacial score (nSPS) is 14.2. The molecule has 1 rings (SSSR count). The highest BCUT2D eigenvalue weighted by molar-refractivity contribution is 6.91. The topological polar surface area (TPSA) is 0 Å². The van der Waals surface area contributed by atoms with Gasteiger partial charge in [0.25, 0.3) is 0 Å². The summed E-state index contributed by atoms with van der Waals surface area (Å²) >= 11 is 0. The molecule has 0 spiro atoms. The van der Waals surface area contributed by atoms with Gasteiger partial charge in [-0.1, -0.05) is 67.4 Å². The van der Waals surface area contributed by atoms with Gasteiger partial charge >= 0.3 is 0 Å². The SMILES string of the molecule is C[SiH](C[Si](C)(C)C)c1ccccc1. The lowest BCUT2D eigenvalue weighted by Gasteiger charge is -2.20. The fourth-order valence-corrected chi connectivity index (χ4v) is 11.0. The van der Waals surface area contributed by atoms with Crippen molar-refractivity contribution in [3.63, 3.8) is 0 Å². The molecule has 1 aromatic carbocycles. The van der Waals surface area contributed by atoms with Crippen molar-refractivity contribution in [3.8, 4) is 0 Å². The van der Waals surface area contributed by atoms with Crippen molar-refractivity contribution in [2.75, 3.05) is 0 Å². The van der Waals surface area contributed by atoms with Crippen molar-refractivity contribution in [3.05, 3.63) is 30.3 Å². The van der Waals surface area contributed by atoms with E-state index in [0.717, 1.165) is 0 Å². The summed E-state index contributed by atoms with van der Waals surface area (Å²) in [6, 6.07) is 11.1. The van der Waals surface area contributed by atoms with Crippen LogP contribution in [0.3, 0.4) is 0 Å². The van der Waals surface area contributed by atoms with Crippen LogP contribution in [0.25, 0.3) is 0 Å². The first kappa shape index (κ1) is 10.7. The van der Waals surface area contributed by atoms with Crippen LogP contribution in [-0.2, 0) is 0 Å². The molecule has 0 aliphatic heterocycles. The van der Waals surface area contributed by atoms with Gasteiger partial charge in [-0.3, -0.25) is 0 Å². The molecule has 1 unspecified atom stereocenters. The van der Waals surface area contributed by atoms with E-state index in [-0.39, 0.29) is 0 Å². The van der Waals surface area contributed by atoms with Crippen molar-refractivity contribution < 1.29 is 0 Å². The minimum atomic E-state index is -0.841. The highest BCUT2D eigenvalue weighted by Gasteiger charge is 2.18. The maximum Gasteiger partial charge on any atom is 0.0652 e. The molecule has 2 heteroatoms. The maximum atomic E-state index is 2.48. The Morgan fingerprint density at radius 2 is 1.62 bits per heavy atom. The van der Waals surface area contributed by atoms with Crippen molar-refractivity contribution in [2.45, 2.75) is 31.9 Å². The second-order valence-electron chi connectivity index (χ2n) is 5.08. The van der Waals surface area contributed by atoms with Crippen LogP contribution in [0.2, 0.25) is 31.9 Å². The van der Waals surface area contributed by atoms with Crippen LogP contribution in [0.5, 0.6) is 0 Å². The number of benzene rings is 1. The monoisotopic (exact) mass is 208 g/mol. The zero-order chi connectivity index (χ0) is 9.90. The fraction of sp³-hybridized carbons (Fsp3) is 0.455. The van der Waals surface area contributed by atoms with Gasteiger partial charge in [0, 0.05) is 8.07 Å². The first-order valence-corrected chi connectivity index (χ1v) is 11.3. The minimum Gasteiger partial charge on any atom is -0.0698 e. The molecule has 0 bridgehead atoms. The molecule has 0 aliphatic rings. The second-order valence-corrected chi connectivity index (χ2v) is 14.3. The van der Waals surface area contributed by atoms with Gasteiger partial charge in [0.1, 0.15) is 0 Å². The van der Waals surface area contributed by atoms with Crippen LogP contribution in [0.4, 0.5) is 0 Å². The summed E-state index contributed by atoms with van der Waals surface area (Å²) < 4.78 is 0. The summed E-state index contributed by atoms with van der Waals surface area (Å²) in [6.45, 7) is 9.89. The van der Waals surface area contributed by atoms with Crippen molar-refractivity contribution in [1.82, 2.24) is 0 Å². The van der Waals surface area contributed by atoms with Crippen molar-refractivity contribution in [2.24, 2.45) is 0 Å². The molecule has 0 saturated carbocycles. The van der Waals surface area contributed by atoms with Crippen LogP contribution in [-0.4, -0.2) is 16.9 Å². The van der Waals surface area contributed by atoms with E-state index < -0.39 is 16.9 Å². The average Bonchev–Trinajstić information content (AvgIpc) is 2.03. The molecule has 0 N–H and O–H groups in total. The Bertz CT molecular complexity index is 249. The van der Waals surface area contributed by atoms with E-state index in [9.17, 15) is 0 Å². The number of hydrogen-bond donors (Lipinski definition) is 0. The number of hydrogen-bond acceptors (Lipinski definition) is 0. The molecule has 0 saturated heterocycles. The van der Waals surface area contributed by atoms with Gasteiger partial charge in [0.2, 0.25) is 0 Å². The molecular weight excluding hydrogens is 188 g/mol. The molecule has 0 radical (unpaired) electrons. The van der Waals surface area contributed by atoms with E-state index >= 15 is 0 Å². The van der Waals surface area contributed by atoms with E-state index in [4.69, 9.17) is 0 Å². The second kappa shape index (κ2) is 4.24. The lowest BCUT2D eigenvalue weighted by Crippen LogP contribution is -2.35. The Morgan fingerprint density at radius 1 is 1.08 bits per heavy atom. The zero-order valence-corrected chi connectivity index (χ0v) is 11.3. The lowest BCUT2D eigenvalue weighted by atomic mass is 10.4. The Kier molecular flexibility index (Phi) is 3.50. The third-order valence-corrected chi connectivity index (χ3v) is 11.2. The molecular formula is C11H20Si2. The highest BCUT2D eigenvalue weighted by Crippen LogP contribution is 2.10. The predicted octanol–water partition coefficient (Wildman–Crippen LogP) is 2.63. The summed E-state index contributed by atoms with van der Waals surface area (Å²) in [4.78, 5) is 0. The average molecular weight is 208 g/mol. The smallest absolute Gasteiger partial charge is 0.0652 e. The first-order chi connectivity index (χ1) is 5.99. The predicted molar refractivity (Wildman–Crippen MR) is 67.2 cm³/mol. The van der Waals surface area contributed by atoms with Crippen molar-refractivity contribution in [1.29, 1.82) is 0 Å². The third kappa shape index (κ3) is 3.92. The molecule has 0 aromatic heterocycles. The van der Waals surface area contributed by atoms with Gasteiger partial charge in [-0.05, 0) is 0 Å². The fourth-order valence-electron chi connectivity index (χ4n) is 1.82. The maximum absolute atomic E-state index is 2.48. The molecule has 0 heterocycles. The molecule has 0 aliphatic carbocycles. The molecule has 13 heavy (non-hydrogen) atoms. The third-order valence-electron chi connectivity index (χ3n) is 2.29. The van der Waals surface area contributed by atoms with Gasteiger partial charge in [-0.25, -0.2) is 0 Å². The zero-order valence-electron chi connectivity index (χ0n) is 9.17. The summed E-state index contributed by atoms with van der Waals surface area (Å²) in [5, 5.41) is 1.63. The molecule has 1 atom stereocenters. The Morgan fingerprint density at radius 3 is 2.08 bits per heavy atom. The van der Waals surface area contributed by atoms with Crippen LogP contribution < -0.4 is 5.19 Å². The van der Waals surface area contributed by atoms with Crippen LogP contribution >= 0.6 is 0 Å². The van der Waals surface area contributed by atoms with Gasteiger partial charge in [0.05, 0.1) is 8.80 Å². The summed E-state index contributed by atoms with van der Waals surface area (Å²) in [5.74, 6) is 0. The Hall–Kier alpha value is -0.346. The summed E-state index contributed by atoms with van der Waals surface area (Å²) in [6.07, 6.45) is 0. The van der Waals surface area contributed by atoms with E-state index in [1.165, 1.54) is 5.67 Å². The Balaban J connectivity index is 2.64. The van der Waals surface area contributed by atoms with Gasteiger partial charge in [-0.2, -0.15) is 0 Å². The minimum absolute atomic E-state index is 0.624. The van der Waals surface area contributed by atoms with Crippen molar-refractivity contribution >= 4 is 22.1 Å². The molecule has 0 nitrogen and oxygen atoms in total. The van der Waals surface area contributed by atoms with E-state index in [1.807, 2.05) is 0 Å². The first-order valence-electron chi connectivity index (χ1n) is 5.04. The lowest BCUT2D eigenvalue weighted by molar-refractivity contribution is 1.59. The van der Waals surface area contributed by atoms with E-state index in [0.29, 0.717) is 0 Å². The van der Waals surface area contributed by atoms with E-state index in [2.05, 4.69) is 56.5 Å². The van der Waals surface area contributed by atoms with Gasteiger partial charge in [0.15, 0.2) is 0 Å². The van der Waals surface area contributed by atoms with Gasteiger partial charge < -0.3 is 0 Å². The van der Waals surface area contributed by atoms with Crippen LogP contribution in [0, 0.1) is 0 Å². The standard InChI is InChI=1S/C11H20Si2/c1-12(10-13(2,3)4)11-8-6-5-7-9-11/h5-9,12H,10H2,1-4H3. The van der Waals surface area contributed by atoms with E-state index in [1.54, 1.807) is 5.19 Å². The summed E-state index contributed by atoms with van der Waals surface area (Å²) in [5.41, 5.74) is 1.52. The highest BCUT2D eigenvalue weighted by atomic mass is 28.4.